The van der Waals surface area contributed by atoms with Gasteiger partial charge in [-0.15, -0.1) is 5.10 Å². The number of aromatic nitrogens is 4. The van der Waals surface area contributed by atoms with Gasteiger partial charge < -0.3 is 4.74 Å². The molecule has 0 unspecified atom stereocenters. The molecule has 0 spiro atoms. The number of aryl methyl sites for hydroxylation is 2. The number of carbonyl (C=O) groups is 1. The third-order valence-corrected chi connectivity index (χ3v) is 3.94. The number of ether oxygens (including phenoxy) is 1. The first-order valence-corrected chi connectivity index (χ1v) is 8.40. The molecule has 0 aliphatic rings. The van der Waals surface area contributed by atoms with Gasteiger partial charge in [0.15, 0.2) is 5.65 Å². The van der Waals surface area contributed by atoms with Crippen LogP contribution in [0.1, 0.15) is 31.9 Å². The van der Waals surface area contributed by atoms with Gasteiger partial charge >= 0.3 is 11.7 Å². The molecule has 0 amide bonds. The molecule has 0 atom stereocenters. The van der Waals surface area contributed by atoms with E-state index in [2.05, 4.69) is 10.2 Å². The van der Waals surface area contributed by atoms with Gasteiger partial charge in [0.2, 0.25) is 0 Å². The first-order valence-electron chi connectivity index (χ1n) is 8.40. The molecular weight excluding hydrogens is 332 g/mol. The van der Waals surface area contributed by atoms with Crippen molar-refractivity contribution >= 4 is 11.6 Å². The minimum Gasteiger partial charge on any atom is -0.459 e. The maximum Gasteiger partial charge on any atom is 0.367 e. The lowest BCUT2D eigenvalue weighted by Crippen LogP contribution is -2.31. The second-order valence-corrected chi connectivity index (χ2v) is 7.31. The van der Waals surface area contributed by atoms with Crippen molar-refractivity contribution in [1.82, 2.24) is 19.4 Å². The van der Waals surface area contributed by atoms with E-state index in [0.29, 0.717) is 11.3 Å². The predicted octanol–water partition coefficient (Wildman–Crippen LogP) is 2.52. The van der Waals surface area contributed by atoms with Crippen LogP contribution in [0.15, 0.2) is 35.1 Å². The van der Waals surface area contributed by atoms with Gasteiger partial charge in [-0.1, -0.05) is 12.1 Å². The molecule has 7 heteroatoms. The van der Waals surface area contributed by atoms with Crippen LogP contribution in [0.25, 0.3) is 16.9 Å². The van der Waals surface area contributed by atoms with E-state index in [4.69, 9.17) is 4.74 Å². The van der Waals surface area contributed by atoms with E-state index in [9.17, 15) is 9.59 Å². The van der Waals surface area contributed by atoms with Crippen molar-refractivity contribution in [3.05, 3.63) is 51.9 Å². The van der Waals surface area contributed by atoms with Crippen molar-refractivity contribution < 1.29 is 9.53 Å². The van der Waals surface area contributed by atoms with Gasteiger partial charge in [0.05, 0.1) is 5.69 Å². The lowest BCUT2D eigenvalue weighted by molar-refractivity contribution is -0.155. The number of carbonyl (C=O) groups excluding carboxylic acids is 1. The maximum absolute atomic E-state index is 12.5. The predicted molar refractivity (Wildman–Crippen MR) is 98.0 cm³/mol. The van der Waals surface area contributed by atoms with E-state index < -0.39 is 17.3 Å². The number of rotatable bonds is 3. The summed E-state index contributed by atoms with van der Waals surface area (Å²) in [5, 5.41) is 8.54. The SMILES string of the molecule is Cc1ccc(-c2ccc3nn(CC(=O)OC(C)(C)C)c(=O)n3n2)cc1C. The average Bonchev–Trinajstić information content (AvgIpc) is 2.84. The molecule has 3 aromatic rings. The van der Waals surface area contributed by atoms with E-state index >= 15 is 0 Å². The fraction of sp³-hybridized carbons (Fsp3) is 0.368. The summed E-state index contributed by atoms with van der Waals surface area (Å²) in [5.74, 6) is -0.516. The fourth-order valence-corrected chi connectivity index (χ4v) is 2.56. The Bertz CT molecular complexity index is 1040. The average molecular weight is 354 g/mol. The van der Waals surface area contributed by atoms with Gasteiger partial charge in [-0.05, 0) is 63.9 Å². The molecule has 3 rings (SSSR count). The number of nitrogens with zero attached hydrogens (tertiary/aromatic N) is 4. The van der Waals surface area contributed by atoms with E-state index in [0.717, 1.165) is 15.8 Å². The van der Waals surface area contributed by atoms with Gasteiger partial charge in [-0.2, -0.15) is 14.3 Å². The molecule has 2 heterocycles. The molecule has 7 nitrogen and oxygen atoms in total. The Kier molecular flexibility index (Phi) is 4.39. The van der Waals surface area contributed by atoms with Crippen LogP contribution in [0.2, 0.25) is 0 Å². The second-order valence-electron chi connectivity index (χ2n) is 7.31. The highest BCUT2D eigenvalue weighted by Gasteiger charge is 2.19. The minimum absolute atomic E-state index is 0.252. The molecule has 0 saturated heterocycles. The van der Waals surface area contributed by atoms with Gasteiger partial charge in [-0.25, -0.2) is 4.79 Å². The zero-order valence-electron chi connectivity index (χ0n) is 15.6. The lowest BCUT2D eigenvalue weighted by Gasteiger charge is -2.19. The molecule has 0 bridgehead atoms. The van der Waals surface area contributed by atoms with Gasteiger partial charge in [0.1, 0.15) is 12.1 Å². The molecule has 2 aromatic heterocycles. The van der Waals surface area contributed by atoms with Crippen molar-refractivity contribution in [2.75, 3.05) is 0 Å². The Hall–Kier alpha value is -2.96. The summed E-state index contributed by atoms with van der Waals surface area (Å²) in [6.07, 6.45) is 0. The first kappa shape index (κ1) is 17.8. The van der Waals surface area contributed by atoms with Crippen LogP contribution in [-0.4, -0.2) is 31.0 Å². The Morgan fingerprint density at radius 1 is 1.08 bits per heavy atom. The topological polar surface area (TPSA) is 78.5 Å². The maximum atomic E-state index is 12.5. The standard InChI is InChI=1S/C19H22N4O3/c1-12-6-7-14(10-13(12)2)15-8-9-16-21-22(18(25)23(16)20-15)11-17(24)26-19(3,4)5/h6-10H,11H2,1-5H3. The van der Waals surface area contributed by atoms with Crippen LogP contribution in [0, 0.1) is 13.8 Å². The zero-order chi connectivity index (χ0) is 19.1. The largest absolute Gasteiger partial charge is 0.459 e. The molecule has 0 aliphatic heterocycles. The highest BCUT2D eigenvalue weighted by Crippen LogP contribution is 2.20. The monoisotopic (exact) mass is 354 g/mol. The molecule has 1 aromatic carbocycles. The summed E-state index contributed by atoms with van der Waals surface area (Å²) >= 11 is 0. The number of hydrogen-bond donors (Lipinski definition) is 0. The summed E-state index contributed by atoms with van der Waals surface area (Å²) in [5.41, 5.74) is 3.22. The summed E-state index contributed by atoms with van der Waals surface area (Å²) in [6, 6.07) is 9.53. The fourth-order valence-electron chi connectivity index (χ4n) is 2.56. The van der Waals surface area contributed by atoms with Gasteiger partial charge in [-0.3, -0.25) is 4.79 Å². The summed E-state index contributed by atoms with van der Waals surface area (Å²) in [4.78, 5) is 24.5. The normalized spacial score (nSPS) is 11.7. The van der Waals surface area contributed by atoms with Crippen molar-refractivity contribution in [2.45, 2.75) is 46.8 Å². The Morgan fingerprint density at radius 3 is 2.46 bits per heavy atom. The molecule has 136 valence electrons. The quantitative estimate of drug-likeness (QED) is 0.675. The first-order chi connectivity index (χ1) is 12.1. The highest BCUT2D eigenvalue weighted by molar-refractivity contribution is 5.69. The molecule has 0 fully saturated rings. The molecule has 0 radical (unpaired) electrons. The van der Waals surface area contributed by atoms with Crippen LogP contribution in [0.4, 0.5) is 0 Å². The van der Waals surface area contributed by atoms with Crippen molar-refractivity contribution in [2.24, 2.45) is 0 Å². The third-order valence-electron chi connectivity index (χ3n) is 3.94. The minimum atomic E-state index is -0.616. The Balaban J connectivity index is 1.95. The summed E-state index contributed by atoms with van der Waals surface area (Å²) in [7, 11) is 0. The van der Waals surface area contributed by atoms with Crippen LogP contribution in [0.5, 0.6) is 0 Å². The zero-order valence-corrected chi connectivity index (χ0v) is 15.6. The summed E-state index contributed by atoms with van der Waals surface area (Å²) in [6.45, 7) is 9.14. The van der Waals surface area contributed by atoms with Crippen LogP contribution < -0.4 is 5.69 Å². The lowest BCUT2D eigenvalue weighted by atomic mass is 10.0. The van der Waals surface area contributed by atoms with E-state index in [-0.39, 0.29) is 6.54 Å². The van der Waals surface area contributed by atoms with Crippen molar-refractivity contribution in [3.8, 4) is 11.3 Å². The molecule has 0 N–H and O–H groups in total. The van der Waals surface area contributed by atoms with Gasteiger partial charge in [0, 0.05) is 5.56 Å². The highest BCUT2D eigenvalue weighted by atomic mass is 16.6. The van der Waals surface area contributed by atoms with Gasteiger partial charge in [0.25, 0.3) is 0 Å². The Labute approximate surface area is 151 Å². The van der Waals surface area contributed by atoms with Crippen molar-refractivity contribution in [3.63, 3.8) is 0 Å². The number of esters is 1. The second kappa shape index (κ2) is 6.40. The van der Waals surface area contributed by atoms with Crippen LogP contribution in [0.3, 0.4) is 0 Å². The Morgan fingerprint density at radius 2 is 1.81 bits per heavy atom. The van der Waals surface area contributed by atoms with E-state index in [1.165, 1.54) is 10.1 Å². The van der Waals surface area contributed by atoms with Crippen LogP contribution in [-0.2, 0) is 16.1 Å². The number of benzene rings is 1. The smallest absolute Gasteiger partial charge is 0.367 e. The third kappa shape index (κ3) is 3.66. The number of fused-ring (bicyclic) bond motifs is 1. The van der Waals surface area contributed by atoms with Crippen LogP contribution >= 0.6 is 0 Å². The van der Waals surface area contributed by atoms with E-state index in [1.54, 1.807) is 26.8 Å². The summed E-state index contributed by atoms with van der Waals surface area (Å²) < 4.78 is 7.52. The number of hydrogen-bond acceptors (Lipinski definition) is 5. The molecule has 0 saturated carbocycles. The molecule has 26 heavy (non-hydrogen) atoms. The van der Waals surface area contributed by atoms with E-state index in [1.807, 2.05) is 38.1 Å². The molecular formula is C19H22N4O3. The van der Waals surface area contributed by atoms with Crippen molar-refractivity contribution in [1.29, 1.82) is 0 Å². The molecule has 0 aliphatic carbocycles.